The summed E-state index contributed by atoms with van der Waals surface area (Å²) in [6.45, 7) is 3.39. The lowest BCUT2D eigenvalue weighted by Crippen LogP contribution is -2.30. The van der Waals surface area contributed by atoms with Crippen LogP contribution in [0.5, 0.6) is 0 Å². The van der Waals surface area contributed by atoms with E-state index in [0.717, 1.165) is 6.54 Å². The number of carbonyl (C=O) groups is 1. The van der Waals surface area contributed by atoms with Crippen LogP contribution in [0.25, 0.3) is 5.82 Å². The number of amides is 1. The Morgan fingerprint density at radius 1 is 1.35 bits per heavy atom. The number of nitrogens with zero attached hydrogens (tertiary/aromatic N) is 6. The molecule has 0 saturated heterocycles. The fourth-order valence-corrected chi connectivity index (χ4v) is 2.17. The van der Waals surface area contributed by atoms with Gasteiger partial charge in [0.25, 0.3) is 5.91 Å². The zero-order valence-corrected chi connectivity index (χ0v) is 12.7. The monoisotopic (exact) mass is 311 g/mol. The van der Waals surface area contributed by atoms with Gasteiger partial charge in [0.05, 0.1) is 0 Å². The van der Waals surface area contributed by atoms with E-state index in [9.17, 15) is 4.79 Å². The third-order valence-corrected chi connectivity index (χ3v) is 3.33. The molecule has 3 aromatic heterocycles. The molecule has 0 aliphatic heterocycles. The minimum atomic E-state index is -0.138. The summed E-state index contributed by atoms with van der Waals surface area (Å²) in [6.07, 6.45) is 8.19. The molecule has 1 N–H and O–H groups in total. The molecule has 0 bridgehead atoms. The molecule has 0 spiro atoms. The number of pyridine rings is 1. The second kappa shape index (κ2) is 6.82. The van der Waals surface area contributed by atoms with Crippen LogP contribution in [0.15, 0.2) is 49.4 Å². The van der Waals surface area contributed by atoms with E-state index in [-0.39, 0.29) is 11.8 Å². The fourth-order valence-electron chi connectivity index (χ4n) is 2.17. The van der Waals surface area contributed by atoms with E-state index in [2.05, 4.69) is 32.4 Å². The molecule has 3 rings (SSSR count). The largest absolute Gasteiger partial charge is 0.352 e. The van der Waals surface area contributed by atoms with Gasteiger partial charge in [0.2, 0.25) is 0 Å². The molecular formula is C15H17N7O. The first-order chi connectivity index (χ1) is 11.2. The zero-order chi connectivity index (χ0) is 16.1. The summed E-state index contributed by atoms with van der Waals surface area (Å²) in [4.78, 5) is 20.3. The maximum absolute atomic E-state index is 12.3. The first-order valence-electron chi connectivity index (χ1n) is 7.29. The molecule has 8 heteroatoms. The number of hydrogen-bond donors (Lipinski definition) is 1. The first kappa shape index (κ1) is 14.9. The van der Waals surface area contributed by atoms with E-state index in [1.54, 1.807) is 24.5 Å². The van der Waals surface area contributed by atoms with Gasteiger partial charge in [-0.2, -0.15) is 10.2 Å². The lowest BCUT2D eigenvalue weighted by Gasteiger charge is -2.13. The number of hydrogen-bond acceptors (Lipinski definition) is 5. The molecule has 1 unspecified atom stereocenters. The molecule has 0 aliphatic carbocycles. The Labute approximate surface area is 133 Å². The van der Waals surface area contributed by atoms with Crippen LogP contribution in [0.2, 0.25) is 0 Å². The molecule has 0 fully saturated rings. The second-order valence-corrected chi connectivity index (χ2v) is 5.29. The number of rotatable bonds is 6. The normalized spacial score (nSPS) is 12.0. The first-order valence-corrected chi connectivity index (χ1v) is 7.29. The van der Waals surface area contributed by atoms with Gasteiger partial charge in [-0.1, -0.05) is 6.92 Å². The summed E-state index contributed by atoms with van der Waals surface area (Å²) in [5.41, 5.74) is 0.539. The highest BCUT2D eigenvalue weighted by atomic mass is 16.1. The van der Waals surface area contributed by atoms with Gasteiger partial charge in [-0.05, 0) is 24.1 Å². The van der Waals surface area contributed by atoms with E-state index in [4.69, 9.17) is 0 Å². The van der Waals surface area contributed by atoms with Gasteiger partial charge in [-0.3, -0.25) is 9.48 Å². The summed E-state index contributed by atoms with van der Waals surface area (Å²) in [6, 6.07) is 5.24. The third kappa shape index (κ3) is 3.79. The van der Waals surface area contributed by atoms with Crippen LogP contribution in [-0.2, 0) is 6.54 Å². The van der Waals surface area contributed by atoms with Crippen LogP contribution < -0.4 is 5.32 Å². The Morgan fingerprint density at radius 3 is 3.00 bits per heavy atom. The van der Waals surface area contributed by atoms with Crippen molar-refractivity contribution in [3.8, 4) is 5.82 Å². The second-order valence-electron chi connectivity index (χ2n) is 5.29. The highest BCUT2D eigenvalue weighted by Crippen LogP contribution is 2.06. The minimum Gasteiger partial charge on any atom is -0.352 e. The van der Waals surface area contributed by atoms with Crippen LogP contribution in [0.1, 0.15) is 17.3 Å². The molecule has 0 aromatic carbocycles. The molecular weight excluding hydrogens is 294 g/mol. The van der Waals surface area contributed by atoms with Crippen LogP contribution in [0.3, 0.4) is 0 Å². The van der Waals surface area contributed by atoms with Crippen molar-refractivity contribution in [2.24, 2.45) is 5.92 Å². The van der Waals surface area contributed by atoms with Gasteiger partial charge < -0.3 is 5.32 Å². The molecule has 1 atom stereocenters. The minimum absolute atomic E-state index is 0.138. The Morgan fingerprint density at radius 2 is 2.26 bits per heavy atom. The van der Waals surface area contributed by atoms with Gasteiger partial charge in [0, 0.05) is 37.2 Å². The Balaban J connectivity index is 1.59. The average molecular weight is 311 g/mol. The summed E-state index contributed by atoms with van der Waals surface area (Å²) in [5, 5.41) is 11.1. The number of nitrogens with one attached hydrogen (secondary N) is 1. The lowest BCUT2D eigenvalue weighted by molar-refractivity contribution is 0.0946. The van der Waals surface area contributed by atoms with E-state index in [1.807, 2.05) is 16.9 Å². The summed E-state index contributed by atoms with van der Waals surface area (Å²) in [5.74, 6) is 0.691. The molecule has 8 nitrogen and oxygen atoms in total. The summed E-state index contributed by atoms with van der Waals surface area (Å²) < 4.78 is 3.36. The maximum Gasteiger partial charge on any atom is 0.251 e. The topological polar surface area (TPSA) is 90.5 Å². The quantitative estimate of drug-likeness (QED) is 0.731. The molecule has 118 valence electrons. The van der Waals surface area contributed by atoms with E-state index < -0.39 is 0 Å². The van der Waals surface area contributed by atoms with Crippen molar-refractivity contribution in [1.29, 1.82) is 0 Å². The predicted molar refractivity (Wildman–Crippen MR) is 82.9 cm³/mol. The number of aromatic nitrogens is 6. The van der Waals surface area contributed by atoms with Gasteiger partial charge in [0.1, 0.15) is 12.7 Å². The van der Waals surface area contributed by atoms with Crippen LogP contribution in [0, 0.1) is 5.92 Å². The standard InChI is InChI=1S/C15H17N7O/c1-12(9-21-6-2-4-19-21)8-18-15(23)13-3-5-17-14(7-13)22-11-16-10-20-22/h2-7,10-12H,8-9H2,1H3,(H,18,23). The zero-order valence-electron chi connectivity index (χ0n) is 12.7. The van der Waals surface area contributed by atoms with E-state index >= 15 is 0 Å². The van der Waals surface area contributed by atoms with Gasteiger partial charge in [-0.15, -0.1) is 0 Å². The lowest BCUT2D eigenvalue weighted by atomic mass is 10.1. The average Bonchev–Trinajstić information content (AvgIpc) is 3.26. The van der Waals surface area contributed by atoms with Crippen molar-refractivity contribution >= 4 is 5.91 Å². The summed E-state index contributed by atoms with van der Waals surface area (Å²) >= 11 is 0. The highest BCUT2D eigenvalue weighted by Gasteiger charge is 2.10. The molecule has 0 aliphatic rings. The SMILES string of the molecule is CC(CNC(=O)c1ccnc(-n2cncn2)c1)Cn1cccn1. The molecule has 23 heavy (non-hydrogen) atoms. The van der Waals surface area contributed by atoms with Crippen LogP contribution in [0.4, 0.5) is 0 Å². The smallest absolute Gasteiger partial charge is 0.251 e. The van der Waals surface area contributed by atoms with Crippen molar-refractivity contribution in [1.82, 2.24) is 34.8 Å². The number of carbonyl (C=O) groups excluding carboxylic acids is 1. The third-order valence-electron chi connectivity index (χ3n) is 3.33. The van der Waals surface area contributed by atoms with Crippen molar-refractivity contribution in [2.45, 2.75) is 13.5 Å². The van der Waals surface area contributed by atoms with Crippen LogP contribution >= 0.6 is 0 Å². The Kier molecular flexibility index (Phi) is 4.41. The highest BCUT2D eigenvalue weighted by molar-refractivity contribution is 5.94. The summed E-state index contributed by atoms with van der Waals surface area (Å²) in [7, 11) is 0. The Hall–Kier alpha value is -3.03. The van der Waals surface area contributed by atoms with Crippen molar-refractivity contribution in [3.05, 3.63) is 55.0 Å². The van der Waals surface area contributed by atoms with E-state index in [0.29, 0.717) is 17.9 Å². The molecule has 3 heterocycles. The van der Waals surface area contributed by atoms with Crippen molar-refractivity contribution in [2.75, 3.05) is 6.54 Å². The molecule has 1 amide bonds. The maximum atomic E-state index is 12.3. The molecule has 0 saturated carbocycles. The van der Waals surface area contributed by atoms with Gasteiger partial charge in [0.15, 0.2) is 5.82 Å². The predicted octanol–water partition coefficient (Wildman–Crippen LogP) is 0.925. The Bertz CT molecular complexity index is 752. The van der Waals surface area contributed by atoms with Gasteiger partial charge >= 0.3 is 0 Å². The van der Waals surface area contributed by atoms with E-state index in [1.165, 1.54) is 17.3 Å². The van der Waals surface area contributed by atoms with Crippen molar-refractivity contribution in [3.63, 3.8) is 0 Å². The van der Waals surface area contributed by atoms with Gasteiger partial charge in [-0.25, -0.2) is 14.6 Å². The molecule has 3 aromatic rings. The fraction of sp³-hybridized carbons (Fsp3) is 0.267. The van der Waals surface area contributed by atoms with Crippen LogP contribution in [-0.4, -0.2) is 42.0 Å². The molecule has 0 radical (unpaired) electrons. The van der Waals surface area contributed by atoms with Crippen molar-refractivity contribution < 1.29 is 4.79 Å².